The Kier molecular flexibility index (Phi) is 5.78. The lowest BCUT2D eigenvalue weighted by Gasteiger charge is -2.42. The fourth-order valence-electron chi connectivity index (χ4n) is 5.89. The molecule has 4 heterocycles. The second-order valence-electron chi connectivity index (χ2n) is 10.3. The molecule has 1 saturated heterocycles. The molecule has 0 radical (unpaired) electrons. The van der Waals surface area contributed by atoms with Crippen LogP contribution in [0.2, 0.25) is 0 Å². The van der Waals surface area contributed by atoms with Gasteiger partial charge in [-0.1, -0.05) is 31.0 Å². The summed E-state index contributed by atoms with van der Waals surface area (Å²) < 4.78 is 35.5. The fraction of sp³-hybridized carbons (Fsp3) is 0.462. The van der Waals surface area contributed by atoms with Gasteiger partial charge >= 0.3 is 0 Å². The largest absolute Gasteiger partial charge is 0.377 e. The molecule has 6 rings (SSSR count). The summed E-state index contributed by atoms with van der Waals surface area (Å²) in [5.74, 6) is 1.34. The maximum atomic E-state index is 13.4. The highest BCUT2D eigenvalue weighted by Crippen LogP contribution is 2.42. The topological polar surface area (TPSA) is 127 Å². The number of nitriles is 1. The Balaban J connectivity index is 1.38. The molecule has 2 fully saturated rings. The zero-order chi connectivity index (χ0) is 25.8. The van der Waals surface area contributed by atoms with Gasteiger partial charge in [-0.05, 0) is 43.9 Å². The first-order chi connectivity index (χ1) is 17.8. The number of nitrogens with one attached hydrogen (secondary N) is 1. The molecule has 1 saturated carbocycles. The third-order valence-corrected chi connectivity index (χ3v) is 9.56. The van der Waals surface area contributed by atoms with Gasteiger partial charge in [0.15, 0.2) is 11.3 Å². The van der Waals surface area contributed by atoms with Crippen LogP contribution in [0.5, 0.6) is 0 Å². The van der Waals surface area contributed by atoms with Crippen LogP contribution in [0.3, 0.4) is 0 Å². The van der Waals surface area contributed by atoms with Crippen LogP contribution in [0.4, 0.5) is 0 Å². The predicted molar refractivity (Wildman–Crippen MR) is 137 cm³/mol. The van der Waals surface area contributed by atoms with E-state index in [0.717, 1.165) is 30.7 Å². The Bertz CT molecular complexity index is 1610. The summed E-state index contributed by atoms with van der Waals surface area (Å²) in [5, 5.41) is 22.0. The zero-order valence-corrected chi connectivity index (χ0v) is 21.6. The number of rotatable bonds is 7. The number of aryl methyl sites for hydroxylation is 1. The van der Waals surface area contributed by atoms with Crippen LogP contribution in [-0.4, -0.2) is 56.8 Å². The minimum absolute atomic E-state index is 0.139. The third kappa shape index (κ3) is 3.91. The molecular weight excluding hydrogens is 490 g/mol. The highest BCUT2D eigenvalue weighted by molar-refractivity contribution is 7.90. The van der Waals surface area contributed by atoms with E-state index in [0.29, 0.717) is 42.4 Å². The summed E-state index contributed by atoms with van der Waals surface area (Å²) in [4.78, 5) is 4.68. The van der Waals surface area contributed by atoms with Crippen molar-refractivity contribution in [2.24, 2.45) is 5.92 Å². The predicted octanol–water partition coefficient (Wildman–Crippen LogP) is 3.17. The third-order valence-electron chi connectivity index (χ3n) is 7.88. The average Bonchev–Trinajstić information content (AvgIpc) is 3.58. The minimum atomic E-state index is -3.82. The fourth-order valence-corrected chi connectivity index (χ4v) is 7.19. The van der Waals surface area contributed by atoms with Gasteiger partial charge in [0.1, 0.15) is 5.82 Å². The van der Waals surface area contributed by atoms with Crippen LogP contribution in [0.15, 0.2) is 47.6 Å². The normalized spacial score (nSPS) is 23.3. The number of fused-ring (bicyclic) bond motifs is 3. The van der Waals surface area contributed by atoms with Crippen LogP contribution in [0, 0.1) is 24.2 Å². The van der Waals surface area contributed by atoms with Crippen molar-refractivity contribution in [1.29, 1.82) is 5.26 Å². The second-order valence-corrected chi connectivity index (χ2v) is 12.2. The van der Waals surface area contributed by atoms with Crippen molar-refractivity contribution in [3.8, 4) is 6.07 Å². The van der Waals surface area contributed by atoms with E-state index in [1.54, 1.807) is 42.7 Å². The Hall–Kier alpha value is -3.33. The molecule has 3 atom stereocenters. The molecule has 3 aromatic heterocycles. The summed E-state index contributed by atoms with van der Waals surface area (Å²) in [6.07, 6.45) is 6.37. The van der Waals surface area contributed by atoms with Crippen molar-refractivity contribution in [2.75, 3.05) is 13.2 Å². The first-order valence-corrected chi connectivity index (χ1v) is 14.0. The molecule has 10 nitrogen and oxygen atoms in total. The van der Waals surface area contributed by atoms with E-state index in [9.17, 15) is 13.7 Å². The monoisotopic (exact) mass is 519 g/mol. The molecule has 0 amide bonds. The van der Waals surface area contributed by atoms with Crippen LogP contribution < -0.4 is 5.32 Å². The standard InChI is InChI=1S/C26H29N7O3S/c1-3-18-12-19(29-26(9-10-27)15-36-16-26)13-21(18)24-31-30-23-14-28-25-22(33(23)24)8-11-32(25)37(34,35)20-6-4-17(2)5-7-20/h4-8,11,14,18-19,21,29H,3,9,12-13,15-16H2,1-2H3/t18-,19+,21+/m1/s1. The van der Waals surface area contributed by atoms with E-state index in [1.165, 1.54) is 3.97 Å². The molecular formula is C26H29N7O3S. The Morgan fingerprint density at radius 1 is 1.19 bits per heavy atom. The highest BCUT2D eigenvalue weighted by atomic mass is 32.2. The summed E-state index contributed by atoms with van der Waals surface area (Å²) in [6.45, 7) is 5.22. The van der Waals surface area contributed by atoms with E-state index < -0.39 is 10.0 Å². The van der Waals surface area contributed by atoms with E-state index >= 15 is 0 Å². The van der Waals surface area contributed by atoms with Gasteiger partial charge in [0, 0.05) is 18.2 Å². The van der Waals surface area contributed by atoms with Crippen molar-refractivity contribution in [3.05, 3.63) is 54.1 Å². The van der Waals surface area contributed by atoms with Crippen molar-refractivity contribution in [1.82, 2.24) is 28.9 Å². The molecule has 1 aliphatic carbocycles. The SMILES string of the molecule is CC[C@@H]1C[C@H](NC2(CC#N)COC2)C[C@@H]1c1nnc2cnc3c(ccn3S(=O)(=O)c3ccc(C)cc3)n12. The first-order valence-electron chi connectivity index (χ1n) is 12.6. The maximum absolute atomic E-state index is 13.4. The van der Waals surface area contributed by atoms with E-state index in [2.05, 4.69) is 33.5 Å². The molecule has 4 aromatic rings. The highest BCUT2D eigenvalue weighted by Gasteiger charge is 2.44. The van der Waals surface area contributed by atoms with E-state index in [-0.39, 0.29) is 22.4 Å². The molecule has 37 heavy (non-hydrogen) atoms. The van der Waals surface area contributed by atoms with Gasteiger partial charge in [-0.25, -0.2) is 17.4 Å². The lowest BCUT2D eigenvalue weighted by Crippen LogP contribution is -2.62. The van der Waals surface area contributed by atoms with E-state index in [4.69, 9.17) is 4.74 Å². The minimum Gasteiger partial charge on any atom is -0.377 e. The number of nitrogens with zero attached hydrogens (tertiary/aromatic N) is 6. The van der Waals surface area contributed by atoms with Gasteiger partial charge < -0.3 is 10.1 Å². The molecule has 0 unspecified atom stereocenters. The summed E-state index contributed by atoms with van der Waals surface area (Å²) in [6, 6.07) is 11.1. The van der Waals surface area contributed by atoms with Crippen molar-refractivity contribution in [2.45, 2.75) is 61.9 Å². The second kappa shape index (κ2) is 8.90. The lowest BCUT2D eigenvalue weighted by atomic mass is 9.92. The molecule has 1 aliphatic heterocycles. The van der Waals surface area contributed by atoms with Crippen LogP contribution in [0.1, 0.15) is 49.9 Å². The van der Waals surface area contributed by atoms with Crippen LogP contribution >= 0.6 is 0 Å². The molecule has 1 aromatic carbocycles. The van der Waals surface area contributed by atoms with E-state index in [1.807, 2.05) is 11.3 Å². The summed E-state index contributed by atoms with van der Waals surface area (Å²) in [7, 11) is -3.82. The number of benzene rings is 1. The Morgan fingerprint density at radius 3 is 2.65 bits per heavy atom. The number of hydrogen-bond acceptors (Lipinski definition) is 8. The number of hydrogen-bond donors (Lipinski definition) is 1. The smallest absolute Gasteiger partial charge is 0.269 e. The Morgan fingerprint density at radius 2 is 1.97 bits per heavy atom. The van der Waals surface area contributed by atoms with Gasteiger partial charge in [-0.2, -0.15) is 5.26 Å². The van der Waals surface area contributed by atoms with Gasteiger partial charge in [0.05, 0.1) is 47.9 Å². The Labute approximate surface area is 215 Å². The van der Waals surface area contributed by atoms with Gasteiger partial charge in [0.25, 0.3) is 10.0 Å². The van der Waals surface area contributed by atoms with Crippen LogP contribution in [0.25, 0.3) is 16.8 Å². The van der Waals surface area contributed by atoms with Crippen LogP contribution in [-0.2, 0) is 14.8 Å². The number of ether oxygens (including phenoxy) is 1. The quantitative estimate of drug-likeness (QED) is 0.394. The van der Waals surface area contributed by atoms with Crippen molar-refractivity contribution in [3.63, 3.8) is 0 Å². The molecule has 11 heteroatoms. The molecule has 0 bridgehead atoms. The molecule has 0 spiro atoms. The average molecular weight is 520 g/mol. The van der Waals surface area contributed by atoms with Crippen molar-refractivity contribution >= 4 is 26.8 Å². The van der Waals surface area contributed by atoms with Gasteiger partial charge in [0.2, 0.25) is 0 Å². The summed E-state index contributed by atoms with van der Waals surface area (Å²) >= 11 is 0. The van der Waals surface area contributed by atoms with Gasteiger partial charge in [-0.15, -0.1) is 10.2 Å². The van der Waals surface area contributed by atoms with Crippen molar-refractivity contribution < 1.29 is 13.2 Å². The molecule has 2 aliphatic rings. The lowest BCUT2D eigenvalue weighted by molar-refractivity contribution is -0.0769. The molecule has 192 valence electrons. The first kappa shape index (κ1) is 24.0. The maximum Gasteiger partial charge on any atom is 0.269 e. The molecule has 1 N–H and O–H groups in total. The van der Waals surface area contributed by atoms with Gasteiger partial charge in [-0.3, -0.25) is 4.40 Å². The summed E-state index contributed by atoms with van der Waals surface area (Å²) in [5.41, 5.74) is 2.32. The number of aromatic nitrogens is 5. The zero-order valence-electron chi connectivity index (χ0n) is 20.8.